The molecule has 1 aromatic rings. The number of anilines is 1. The lowest BCUT2D eigenvalue weighted by Crippen LogP contribution is -2.05. The van der Waals surface area contributed by atoms with Gasteiger partial charge in [-0.3, -0.25) is 4.79 Å². The van der Waals surface area contributed by atoms with Gasteiger partial charge in [-0.05, 0) is 6.42 Å². The molecular formula is C7H12N2OS. The SMILES string of the molecule is CCc1csc(NC(C)=O)n1.[HH]. The average Bonchev–Trinajstić information content (AvgIpc) is 2.34. The van der Waals surface area contributed by atoms with Crippen LogP contribution in [-0.2, 0) is 11.2 Å². The summed E-state index contributed by atoms with van der Waals surface area (Å²) in [5.74, 6) is -0.0676. The monoisotopic (exact) mass is 172 g/mol. The molecule has 11 heavy (non-hydrogen) atoms. The Morgan fingerprint density at radius 3 is 3.09 bits per heavy atom. The number of thiazole rings is 1. The number of rotatable bonds is 2. The van der Waals surface area contributed by atoms with Crippen LogP contribution in [0, 0.1) is 0 Å². The highest BCUT2D eigenvalue weighted by Gasteiger charge is 2.00. The first-order valence-corrected chi connectivity index (χ1v) is 4.32. The first kappa shape index (κ1) is 8.20. The van der Waals surface area contributed by atoms with E-state index in [1.807, 2.05) is 12.3 Å². The van der Waals surface area contributed by atoms with Gasteiger partial charge in [-0.25, -0.2) is 4.98 Å². The van der Waals surface area contributed by atoms with Crippen molar-refractivity contribution >= 4 is 22.4 Å². The van der Waals surface area contributed by atoms with E-state index < -0.39 is 0 Å². The normalized spacial score (nSPS) is 9.64. The Morgan fingerprint density at radius 2 is 2.64 bits per heavy atom. The zero-order valence-corrected chi connectivity index (χ0v) is 7.36. The van der Waals surface area contributed by atoms with Gasteiger partial charge in [0, 0.05) is 13.7 Å². The first-order valence-electron chi connectivity index (χ1n) is 3.44. The Morgan fingerprint density at radius 1 is 1.91 bits per heavy atom. The molecule has 0 aromatic carbocycles. The summed E-state index contributed by atoms with van der Waals surface area (Å²) in [5, 5.41) is 5.27. The van der Waals surface area contributed by atoms with E-state index in [1.165, 1.54) is 18.3 Å². The molecule has 1 heterocycles. The molecule has 0 radical (unpaired) electrons. The third-order valence-corrected chi connectivity index (χ3v) is 2.00. The molecule has 0 bridgehead atoms. The third-order valence-electron chi connectivity index (χ3n) is 1.20. The highest BCUT2D eigenvalue weighted by molar-refractivity contribution is 7.13. The highest BCUT2D eigenvalue weighted by Crippen LogP contribution is 2.14. The number of amides is 1. The van der Waals surface area contributed by atoms with Gasteiger partial charge in [-0.1, -0.05) is 6.92 Å². The summed E-state index contributed by atoms with van der Waals surface area (Å²) in [4.78, 5) is 14.7. The van der Waals surface area contributed by atoms with E-state index in [2.05, 4.69) is 10.3 Å². The molecule has 0 aliphatic rings. The van der Waals surface area contributed by atoms with E-state index in [4.69, 9.17) is 0 Å². The molecule has 62 valence electrons. The van der Waals surface area contributed by atoms with Gasteiger partial charge in [-0.15, -0.1) is 11.3 Å². The van der Waals surface area contributed by atoms with E-state index >= 15 is 0 Å². The van der Waals surface area contributed by atoms with Gasteiger partial charge in [0.25, 0.3) is 0 Å². The summed E-state index contributed by atoms with van der Waals surface area (Å²) >= 11 is 1.46. The molecule has 0 unspecified atom stereocenters. The van der Waals surface area contributed by atoms with Crippen LogP contribution in [0.2, 0.25) is 0 Å². The predicted octanol–water partition coefficient (Wildman–Crippen LogP) is 1.91. The molecule has 0 atom stereocenters. The summed E-state index contributed by atoms with van der Waals surface area (Å²) in [6.45, 7) is 3.51. The molecule has 1 N–H and O–H groups in total. The highest BCUT2D eigenvalue weighted by atomic mass is 32.1. The second-order valence-electron chi connectivity index (χ2n) is 2.18. The number of carbonyl (C=O) groups excluding carboxylic acids is 1. The van der Waals surface area contributed by atoms with Gasteiger partial charge in [-0.2, -0.15) is 0 Å². The minimum Gasteiger partial charge on any atom is -0.302 e. The molecule has 0 aliphatic carbocycles. The van der Waals surface area contributed by atoms with Crippen molar-refractivity contribution in [2.75, 3.05) is 5.32 Å². The van der Waals surface area contributed by atoms with E-state index in [9.17, 15) is 4.79 Å². The van der Waals surface area contributed by atoms with Crippen molar-refractivity contribution in [3.05, 3.63) is 11.1 Å². The molecule has 0 fully saturated rings. The Balaban J connectivity index is 0.00000121. The molecule has 1 amide bonds. The van der Waals surface area contributed by atoms with Gasteiger partial charge in [0.1, 0.15) is 0 Å². The van der Waals surface area contributed by atoms with Crippen molar-refractivity contribution in [3.8, 4) is 0 Å². The maximum Gasteiger partial charge on any atom is 0.223 e. The van der Waals surface area contributed by atoms with Gasteiger partial charge in [0.2, 0.25) is 5.91 Å². The van der Waals surface area contributed by atoms with Crippen LogP contribution in [0.4, 0.5) is 5.13 Å². The van der Waals surface area contributed by atoms with E-state index in [1.54, 1.807) is 0 Å². The van der Waals surface area contributed by atoms with Gasteiger partial charge in [0.15, 0.2) is 5.13 Å². The third kappa shape index (κ3) is 2.31. The molecule has 1 aromatic heterocycles. The lowest BCUT2D eigenvalue weighted by Gasteiger charge is -1.92. The number of nitrogens with one attached hydrogen (secondary N) is 1. The maximum absolute atomic E-state index is 10.6. The van der Waals surface area contributed by atoms with Gasteiger partial charge in [0.05, 0.1) is 5.69 Å². The van der Waals surface area contributed by atoms with Gasteiger partial charge < -0.3 is 5.32 Å². The standard InChI is InChI=1S/C7H10N2OS.H2/c1-3-6-4-11-7(9-6)8-5(2)10;/h4H,3H2,1-2H3,(H,8,9,10);1H. The lowest BCUT2D eigenvalue weighted by molar-refractivity contribution is -0.114. The Labute approximate surface area is 70.9 Å². The summed E-state index contributed by atoms with van der Waals surface area (Å²) in [6.07, 6.45) is 0.913. The number of hydrogen-bond acceptors (Lipinski definition) is 3. The molecule has 3 nitrogen and oxygen atoms in total. The Hall–Kier alpha value is -0.900. The fourth-order valence-electron chi connectivity index (χ4n) is 0.677. The molecule has 0 spiro atoms. The van der Waals surface area contributed by atoms with E-state index in [0.717, 1.165) is 12.1 Å². The zero-order valence-electron chi connectivity index (χ0n) is 6.55. The van der Waals surface area contributed by atoms with Crippen LogP contribution in [0.15, 0.2) is 5.38 Å². The Bertz CT molecular complexity index is 262. The second kappa shape index (κ2) is 3.48. The number of carbonyl (C=O) groups is 1. The summed E-state index contributed by atoms with van der Waals surface area (Å²) < 4.78 is 0. The number of nitrogens with zero attached hydrogens (tertiary/aromatic N) is 1. The van der Waals surface area contributed by atoms with E-state index in [-0.39, 0.29) is 7.33 Å². The quantitative estimate of drug-likeness (QED) is 0.740. The molecule has 4 heteroatoms. The largest absolute Gasteiger partial charge is 0.302 e. The van der Waals surface area contributed by atoms with Crippen molar-refractivity contribution < 1.29 is 6.22 Å². The minimum absolute atomic E-state index is 0. The molecular weight excluding hydrogens is 160 g/mol. The predicted molar refractivity (Wildman–Crippen MR) is 47.9 cm³/mol. The number of hydrogen-bond donors (Lipinski definition) is 1. The van der Waals surface area contributed by atoms with E-state index in [0.29, 0.717) is 5.13 Å². The first-order chi connectivity index (χ1) is 5.22. The topological polar surface area (TPSA) is 42.0 Å². The summed E-state index contributed by atoms with van der Waals surface area (Å²) in [6, 6.07) is 0. The fourth-order valence-corrected chi connectivity index (χ4v) is 1.52. The molecule has 0 aliphatic heterocycles. The summed E-state index contributed by atoms with van der Waals surface area (Å²) in [5.41, 5.74) is 1.03. The van der Waals surface area contributed by atoms with Crippen LogP contribution < -0.4 is 5.32 Å². The summed E-state index contributed by atoms with van der Waals surface area (Å²) in [7, 11) is 0. The number of aryl methyl sites for hydroxylation is 1. The van der Waals surface area contributed by atoms with Crippen LogP contribution in [0.1, 0.15) is 21.0 Å². The van der Waals surface area contributed by atoms with Crippen molar-refractivity contribution in [2.45, 2.75) is 20.3 Å². The number of aromatic nitrogens is 1. The van der Waals surface area contributed by atoms with Crippen LogP contribution in [-0.4, -0.2) is 10.9 Å². The van der Waals surface area contributed by atoms with Crippen LogP contribution in [0.25, 0.3) is 0 Å². The molecule has 0 saturated carbocycles. The van der Waals surface area contributed by atoms with Crippen molar-refractivity contribution in [1.82, 2.24) is 4.98 Å². The maximum atomic E-state index is 10.6. The van der Waals surface area contributed by atoms with Crippen molar-refractivity contribution in [2.24, 2.45) is 0 Å². The van der Waals surface area contributed by atoms with Gasteiger partial charge >= 0.3 is 0 Å². The zero-order chi connectivity index (χ0) is 8.27. The van der Waals surface area contributed by atoms with Crippen molar-refractivity contribution in [1.29, 1.82) is 0 Å². The smallest absolute Gasteiger partial charge is 0.223 e. The Kier molecular flexibility index (Phi) is 2.59. The van der Waals surface area contributed by atoms with Crippen LogP contribution in [0.3, 0.4) is 0 Å². The molecule has 0 saturated heterocycles. The average molecular weight is 172 g/mol. The second-order valence-corrected chi connectivity index (χ2v) is 3.04. The minimum atomic E-state index is -0.0676. The van der Waals surface area contributed by atoms with Crippen molar-refractivity contribution in [3.63, 3.8) is 0 Å². The lowest BCUT2D eigenvalue weighted by atomic mass is 10.4. The van der Waals surface area contributed by atoms with Crippen LogP contribution in [0.5, 0.6) is 0 Å². The fraction of sp³-hybridized carbons (Fsp3) is 0.429. The molecule has 1 rings (SSSR count). The van der Waals surface area contributed by atoms with Crippen LogP contribution >= 0.6 is 11.3 Å².